The Balaban J connectivity index is 1.54. The van der Waals surface area contributed by atoms with Gasteiger partial charge in [0.1, 0.15) is 0 Å². The van der Waals surface area contributed by atoms with E-state index in [1.807, 2.05) is 6.07 Å². The number of likely N-dealkylation sites (tertiary alicyclic amines) is 1. The van der Waals surface area contributed by atoms with Crippen LogP contribution in [0.5, 0.6) is 0 Å². The fraction of sp³-hybridized carbons (Fsp3) is 0.588. The molecule has 0 radical (unpaired) electrons. The third-order valence-electron chi connectivity index (χ3n) is 4.73. The lowest BCUT2D eigenvalue weighted by atomic mass is 10.1. The monoisotopic (exact) mass is 356 g/mol. The van der Waals surface area contributed by atoms with Gasteiger partial charge in [0.25, 0.3) is 0 Å². The molecule has 2 aliphatic rings. The van der Waals surface area contributed by atoms with Crippen LogP contribution in [-0.2, 0) is 4.79 Å². The number of aliphatic hydroxyl groups is 1. The first-order valence-corrected chi connectivity index (χ1v) is 8.92. The van der Waals surface area contributed by atoms with Gasteiger partial charge in [0, 0.05) is 22.5 Å². The highest BCUT2D eigenvalue weighted by Crippen LogP contribution is 2.50. The van der Waals surface area contributed by atoms with Gasteiger partial charge >= 0.3 is 0 Å². The minimum absolute atomic E-state index is 0.0132. The average Bonchev–Trinajstić information content (AvgIpc) is 3.14. The largest absolute Gasteiger partial charge is 0.394 e. The maximum atomic E-state index is 12.4. The zero-order valence-electron chi connectivity index (χ0n) is 13.0. The summed E-state index contributed by atoms with van der Waals surface area (Å²) < 4.78 is 0. The van der Waals surface area contributed by atoms with Crippen LogP contribution in [0.2, 0.25) is 10.0 Å². The van der Waals surface area contributed by atoms with Crippen molar-refractivity contribution in [3.05, 3.63) is 33.8 Å². The van der Waals surface area contributed by atoms with E-state index in [-0.39, 0.29) is 30.4 Å². The van der Waals surface area contributed by atoms with Crippen molar-refractivity contribution in [1.29, 1.82) is 0 Å². The molecule has 0 spiro atoms. The fourth-order valence-electron chi connectivity index (χ4n) is 3.36. The van der Waals surface area contributed by atoms with Crippen molar-refractivity contribution in [3.63, 3.8) is 0 Å². The van der Waals surface area contributed by atoms with Crippen molar-refractivity contribution in [1.82, 2.24) is 10.2 Å². The maximum Gasteiger partial charge on any atom is 0.224 e. The second kappa shape index (κ2) is 7.39. The molecule has 1 heterocycles. The third-order valence-corrected chi connectivity index (χ3v) is 5.30. The SMILES string of the molecule is O=C(N[C@H](CO)CN1CCCC1)[C@H]1C[C@@H]1c1ccc(Cl)cc1Cl. The molecule has 2 fully saturated rings. The van der Waals surface area contributed by atoms with Crippen molar-refractivity contribution in [2.75, 3.05) is 26.2 Å². The summed E-state index contributed by atoms with van der Waals surface area (Å²) in [7, 11) is 0. The van der Waals surface area contributed by atoms with Gasteiger partial charge in [-0.15, -0.1) is 0 Å². The Morgan fingerprint density at radius 1 is 1.35 bits per heavy atom. The first kappa shape index (κ1) is 17.0. The summed E-state index contributed by atoms with van der Waals surface area (Å²) in [4.78, 5) is 14.7. The quantitative estimate of drug-likeness (QED) is 0.823. The van der Waals surface area contributed by atoms with Crippen LogP contribution in [0.3, 0.4) is 0 Å². The van der Waals surface area contributed by atoms with Crippen molar-refractivity contribution < 1.29 is 9.90 Å². The van der Waals surface area contributed by atoms with Gasteiger partial charge in [-0.1, -0.05) is 29.3 Å². The van der Waals surface area contributed by atoms with Crippen LogP contribution in [0, 0.1) is 5.92 Å². The minimum Gasteiger partial charge on any atom is -0.394 e. The first-order chi connectivity index (χ1) is 11.1. The second-order valence-electron chi connectivity index (χ2n) is 6.51. The van der Waals surface area contributed by atoms with Gasteiger partial charge in [-0.2, -0.15) is 0 Å². The second-order valence-corrected chi connectivity index (χ2v) is 7.35. The zero-order chi connectivity index (χ0) is 16.4. The van der Waals surface area contributed by atoms with E-state index in [1.165, 1.54) is 12.8 Å². The zero-order valence-corrected chi connectivity index (χ0v) is 14.5. The Bertz CT molecular complexity index is 576. The van der Waals surface area contributed by atoms with Crippen molar-refractivity contribution >= 4 is 29.1 Å². The molecule has 2 N–H and O–H groups in total. The van der Waals surface area contributed by atoms with Crippen LogP contribution in [0.4, 0.5) is 0 Å². The lowest BCUT2D eigenvalue weighted by Gasteiger charge is -2.23. The Hall–Kier alpha value is -0.810. The van der Waals surface area contributed by atoms with E-state index in [9.17, 15) is 9.90 Å². The van der Waals surface area contributed by atoms with Gasteiger partial charge in [0.2, 0.25) is 5.91 Å². The number of rotatable bonds is 6. The summed E-state index contributed by atoms with van der Waals surface area (Å²) in [6, 6.07) is 5.23. The van der Waals surface area contributed by atoms with Gasteiger partial charge in [-0.25, -0.2) is 0 Å². The summed E-state index contributed by atoms with van der Waals surface area (Å²) in [5, 5.41) is 13.7. The highest BCUT2D eigenvalue weighted by molar-refractivity contribution is 6.35. The van der Waals surface area contributed by atoms with Crippen LogP contribution in [0.15, 0.2) is 18.2 Å². The molecule has 1 aromatic carbocycles. The number of hydrogen-bond acceptors (Lipinski definition) is 3. The van der Waals surface area contributed by atoms with Crippen LogP contribution >= 0.6 is 23.2 Å². The van der Waals surface area contributed by atoms with Gasteiger partial charge in [-0.05, 0) is 56.0 Å². The third kappa shape index (κ3) is 4.18. The number of amides is 1. The Kier molecular flexibility index (Phi) is 5.47. The van der Waals surface area contributed by atoms with E-state index in [0.29, 0.717) is 10.0 Å². The Labute approximate surface area is 146 Å². The lowest BCUT2D eigenvalue weighted by molar-refractivity contribution is -0.123. The molecule has 1 saturated carbocycles. The molecular weight excluding hydrogens is 335 g/mol. The normalized spacial score (nSPS) is 25.3. The van der Waals surface area contributed by atoms with Gasteiger partial charge in [0.15, 0.2) is 0 Å². The highest BCUT2D eigenvalue weighted by atomic mass is 35.5. The van der Waals surface area contributed by atoms with Crippen molar-refractivity contribution in [2.24, 2.45) is 5.92 Å². The van der Waals surface area contributed by atoms with E-state index < -0.39 is 0 Å². The van der Waals surface area contributed by atoms with Crippen LogP contribution < -0.4 is 5.32 Å². The van der Waals surface area contributed by atoms with E-state index in [2.05, 4.69) is 10.2 Å². The van der Waals surface area contributed by atoms with E-state index in [1.54, 1.807) is 12.1 Å². The van der Waals surface area contributed by atoms with Crippen LogP contribution in [0.25, 0.3) is 0 Å². The molecule has 23 heavy (non-hydrogen) atoms. The number of hydrogen-bond donors (Lipinski definition) is 2. The van der Waals surface area contributed by atoms with Gasteiger partial charge < -0.3 is 15.3 Å². The minimum atomic E-state index is -0.192. The summed E-state index contributed by atoms with van der Waals surface area (Å²) in [5.74, 6) is 0.117. The molecule has 3 atom stereocenters. The summed E-state index contributed by atoms with van der Waals surface area (Å²) >= 11 is 12.1. The Morgan fingerprint density at radius 3 is 2.74 bits per heavy atom. The molecule has 1 aromatic rings. The van der Waals surface area contributed by atoms with Crippen LogP contribution in [0.1, 0.15) is 30.7 Å². The summed E-state index contributed by atoms with van der Waals surface area (Å²) in [6.07, 6.45) is 3.20. The predicted octanol–water partition coefficient (Wildman–Crippen LogP) is 2.67. The number of nitrogens with zero attached hydrogens (tertiary/aromatic N) is 1. The molecule has 0 unspecified atom stereocenters. The first-order valence-electron chi connectivity index (χ1n) is 8.17. The number of nitrogens with one attached hydrogen (secondary N) is 1. The molecule has 6 heteroatoms. The number of carbonyl (C=O) groups excluding carboxylic acids is 1. The lowest BCUT2D eigenvalue weighted by Crippen LogP contribution is -2.46. The molecule has 1 aliphatic heterocycles. The Morgan fingerprint density at radius 2 is 2.09 bits per heavy atom. The highest BCUT2D eigenvalue weighted by Gasteiger charge is 2.45. The van der Waals surface area contributed by atoms with Crippen molar-refractivity contribution in [2.45, 2.75) is 31.2 Å². The summed E-state index contributed by atoms with van der Waals surface area (Å²) in [5.41, 5.74) is 0.983. The molecule has 1 amide bonds. The number of halogens is 2. The predicted molar refractivity (Wildman–Crippen MR) is 92.0 cm³/mol. The molecule has 0 bridgehead atoms. The fourth-order valence-corrected chi connectivity index (χ4v) is 3.91. The molecule has 1 saturated heterocycles. The molecule has 3 rings (SSSR count). The topological polar surface area (TPSA) is 52.6 Å². The van der Waals surface area contributed by atoms with E-state index in [4.69, 9.17) is 23.2 Å². The van der Waals surface area contributed by atoms with Gasteiger partial charge in [-0.3, -0.25) is 4.79 Å². The van der Waals surface area contributed by atoms with Gasteiger partial charge in [0.05, 0.1) is 12.6 Å². The van der Waals surface area contributed by atoms with E-state index >= 15 is 0 Å². The number of benzene rings is 1. The standard InChI is InChI=1S/C17H22Cl2N2O2/c18-11-3-4-13(16(19)7-11)14-8-15(14)17(23)20-12(10-22)9-21-5-1-2-6-21/h3-4,7,12,14-15,22H,1-2,5-6,8-10H2,(H,20,23)/t12-,14+,15-/m0/s1. The smallest absolute Gasteiger partial charge is 0.224 e. The average molecular weight is 357 g/mol. The molecule has 126 valence electrons. The molecule has 4 nitrogen and oxygen atoms in total. The van der Waals surface area contributed by atoms with Crippen molar-refractivity contribution in [3.8, 4) is 0 Å². The molecular formula is C17H22Cl2N2O2. The molecule has 1 aliphatic carbocycles. The van der Waals surface area contributed by atoms with E-state index in [0.717, 1.165) is 31.6 Å². The number of carbonyl (C=O) groups is 1. The summed E-state index contributed by atoms with van der Waals surface area (Å²) in [6.45, 7) is 2.81. The maximum absolute atomic E-state index is 12.4. The molecule has 0 aromatic heterocycles. The number of aliphatic hydroxyl groups excluding tert-OH is 1. The van der Waals surface area contributed by atoms with Crippen LogP contribution in [-0.4, -0.2) is 48.2 Å².